The van der Waals surface area contributed by atoms with Crippen LogP contribution in [0.15, 0.2) is 54.5 Å². The number of benzene rings is 2. The van der Waals surface area contributed by atoms with E-state index in [1.54, 1.807) is 23.3 Å². The first-order chi connectivity index (χ1) is 16.5. The van der Waals surface area contributed by atoms with Gasteiger partial charge < -0.3 is 33.7 Å². The fourth-order valence-corrected chi connectivity index (χ4v) is 4.71. The summed E-state index contributed by atoms with van der Waals surface area (Å²) in [5.74, 6) is 1.68. The van der Waals surface area contributed by atoms with Crippen molar-refractivity contribution >= 4 is 5.91 Å². The van der Waals surface area contributed by atoms with Crippen LogP contribution < -0.4 is 14.2 Å². The van der Waals surface area contributed by atoms with E-state index in [1.807, 2.05) is 30.3 Å². The Morgan fingerprint density at radius 1 is 1.09 bits per heavy atom. The third-order valence-electron chi connectivity index (χ3n) is 6.52. The van der Waals surface area contributed by atoms with Crippen LogP contribution in [0.1, 0.15) is 28.8 Å². The Morgan fingerprint density at radius 2 is 1.85 bits per heavy atom. The zero-order chi connectivity index (χ0) is 24.1. The molecule has 8 heteroatoms. The van der Waals surface area contributed by atoms with Gasteiger partial charge in [-0.05, 0) is 30.5 Å². The normalized spacial score (nSPS) is 21.5. The Kier molecular flexibility index (Phi) is 7.17. The lowest BCUT2D eigenvalue weighted by atomic mass is 9.82. The number of ether oxygens (including phenoxy) is 5. The molecule has 34 heavy (non-hydrogen) atoms. The van der Waals surface area contributed by atoms with Gasteiger partial charge in [0.1, 0.15) is 12.0 Å². The summed E-state index contributed by atoms with van der Waals surface area (Å²) < 4.78 is 28.3. The van der Waals surface area contributed by atoms with E-state index >= 15 is 0 Å². The SMILES string of the molecule is COc1ccc(C(=O)N2CCC(CCO)(C3=COC(Cc4ccccc4)O3)C2)c(OC)c1OC. The summed E-state index contributed by atoms with van der Waals surface area (Å²) in [6.45, 7) is 0.892. The van der Waals surface area contributed by atoms with Crippen molar-refractivity contribution in [2.75, 3.05) is 41.0 Å². The van der Waals surface area contributed by atoms with Crippen molar-refractivity contribution in [2.45, 2.75) is 25.6 Å². The van der Waals surface area contributed by atoms with Gasteiger partial charge in [0.15, 0.2) is 11.5 Å². The molecule has 182 valence electrons. The maximum Gasteiger partial charge on any atom is 0.257 e. The summed E-state index contributed by atoms with van der Waals surface area (Å²) in [5.41, 5.74) is 0.987. The van der Waals surface area contributed by atoms with Gasteiger partial charge in [0.25, 0.3) is 5.91 Å². The smallest absolute Gasteiger partial charge is 0.257 e. The molecule has 1 amide bonds. The summed E-state index contributed by atoms with van der Waals surface area (Å²) in [7, 11) is 4.53. The van der Waals surface area contributed by atoms with E-state index in [9.17, 15) is 9.90 Å². The highest BCUT2D eigenvalue weighted by molar-refractivity contribution is 5.98. The van der Waals surface area contributed by atoms with Gasteiger partial charge in [-0.1, -0.05) is 30.3 Å². The van der Waals surface area contributed by atoms with Gasteiger partial charge in [-0.2, -0.15) is 0 Å². The van der Waals surface area contributed by atoms with Crippen LogP contribution in [0.3, 0.4) is 0 Å². The van der Waals surface area contributed by atoms with E-state index in [2.05, 4.69) is 0 Å². The van der Waals surface area contributed by atoms with Gasteiger partial charge in [0.2, 0.25) is 12.0 Å². The van der Waals surface area contributed by atoms with Crippen LogP contribution in [-0.4, -0.2) is 63.2 Å². The van der Waals surface area contributed by atoms with Crippen molar-refractivity contribution in [2.24, 2.45) is 5.41 Å². The Bertz CT molecular complexity index is 1040. The van der Waals surface area contributed by atoms with Crippen LogP contribution in [0.25, 0.3) is 0 Å². The molecule has 1 fully saturated rings. The van der Waals surface area contributed by atoms with Crippen LogP contribution >= 0.6 is 0 Å². The Balaban J connectivity index is 1.51. The largest absolute Gasteiger partial charge is 0.493 e. The summed E-state index contributed by atoms with van der Waals surface area (Å²) in [6, 6.07) is 13.4. The number of methoxy groups -OCH3 is 3. The minimum atomic E-state index is -0.514. The number of hydrogen-bond acceptors (Lipinski definition) is 7. The Hall–Kier alpha value is -3.39. The van der Waals surface area contributed by atoms with E-state index in [1.165, 1.54) is 21.3 Å². The standard InChI is InChI=1S/C26H31NO7/c1-30-20-10-9-19(23(31-2)24(20)32-3)25(29)27-13-11-26(17-27,12-14-28)21-16-33-22(34-21)15-18-7-5-4-6-8-18/h4-10,16,22,28H,11-15,17H2,1-3H3. The predicted molar refractivity (Wildman–Crippen MR) is 125 cm³/mol. The Morgan fingerprint density at radius 3 is 2.53 bits per heavy atom. The number of aliphatic hydroxyl groups is 1. The van der Waals surface area contributed by atoms with Crippen LogP contribution in [0.5, 0.6) is 17.2 Å². The second-order valence-electron chi connectivity index (χ2n) is 8.47. The van der Waals surface area contributed by atoms with E-state index in [0.717, 1.165) is 5.56 Å². The molecule has 0 spiro atoms. The number of carbonyl (C=O) groups is 1. The molecule has 1 saturated heterocycles. The molecule has 2 heterocycles. The average molecular weight is 470 g/mol. The zero-order valence-corrected chi connectivity index (χ0v) is 19.8. The van der Waals surface area contributed by atoms with E-state index in [0.29, 0.717) is 60.9 Å². The zero-order valence-electron chi connectivity index (χ0n) is 19.8. The van der Waals surface area contributed by atoms with Gasteiger partial charge in [-0.3, -0.25) is 4.79 Å². The van der Waals surface area contributed by atoms with Gasteiger partial charge in [0.05, 0.1) is 32.3 Å². The average Bonchev–Trinajstić information content (AvgIpc) is 3.51. The van der Waals surface area contributed by atoms with E-state index in [4.69, 9.17) is 23.7 Å². The molecule has 0 aromatic heterocycles. The molecule has 2 aliphatic heterocycles. The number of nitrogens with zero attached hydrogens (tertiary/aromatic N) is 1. The van der Waals surface area contributed by atoms with Gasteiger partial charge in [-0.15, -0.1) is 0 Å². The van der Waals surface area contributed by atoms with Crippen molar-refractivity contribution in [3.05, 3.63) is 65.6 Å². The maximum absolute atomic E-state index is 13.5. The third-order valence-corrected chi connectivity index (χ3v) is 6.52. The number of aliphatic hydroxyl groups excluding tert-OH is 1. The Labute approximate surface area is 199 Å². The molecule has 2 aromatic carbocycles. The third kappa shape index (κ3) is 4.50. The predicted octanol–water partition coefficient (Wildman–Crippen LogP) is 3.38. The molecular weight excluding hydrogens is 438 g/mol. The second-order valence-corrected chi connectivity index (χ2v) is 8.47. The molecule has 0 saturated carbocycles. The molecule has 8 nitrogen and oxygen atoms in total. The van der Waals surface area contributed by atoms with Crippen molar-refractivity contribution in [1.29, 1.82) is 0 Å². The maximum atomic E-state index is 13.5. The number of carbonyl (C=O) groups excluding carboxylic acids is 1. The number of amides is 1. The van der Waals surface area contributed by atoms with Gasteiger partial charge in [0, 0.05) is 26.1 Å². The van der Waals surface area contributed by atoms with Crippen molar-refractivity contribution in [1.82, 2.24) is 4.90 Å². The first-order valence-corrected chi connectivity index (χ1v) is 11.3. The van der Waals surface area contributed by atoms with Gasteiger partial charge in [-0.25, -0.2) is 0 Å². The summed E-state index contributed by atoms with van der Waals surface area (Å²) in [4.78, 5) is 15.3. The van der Waals surface area contributed by atoms with Crippen molar-refractivity contribution in [3.63, 3.8) is 0 Å². The number of likely N-dealkylation sites (tertiary alicyclic amines) is 1. The second kappa shape index (κ2) is 10.3. The molecular formula is C26H31NO7. The topological polar surface area (TPSA) is 86.7 Å². The molecule has 0 aliphatic carbocycles. The van der Waals surface area contributed by atoms with Crippen molar-refractivity contribution < 1.29 is 33.6 Å². The van der Waals surface area contributed by atoms with Crippen LogP contribution in [-0.2, 0) is 15.9 Å². The molecule has 2 unspecified atom stereocenters. The van der Waals surface area contributed by atoms with Crippen LogP contribution in [0, 0.1) is 5.41 Å². The molecule has 4 rings (SSSR count). The first kappa shape index (κ1) is 23.8. The molecule has 2 aromatic rings. The summed E-state index contributed by atoms with van der Waals surface area (Å²) >= 11 is 0. The van der Waals surface area contributed by atoms with Crippen LogP contribution in [0.4, 0.5) is 0 Å². The highest BCUT2D eigenvalue weighted by Gasteiger charge is 2.47. The fourth-order valence-electron chi connectivity index (χ4n) is 4.71. The van der Waals surface area contributed by atoms with E-state index < -0.39 is 11.7 Å². The number of hydrogen-bond donors (Lipinski definition) is 1. The quantitative estimate of drug-likeness (QED) is 0.602. The monoisotopic (exact) mass is 469 g/mol. The molecule has 2 atom stereocenters. The molecule has 0 bridgehead atoms. The minimum absolute atomic E-state index is 0.0221. The summed E-state index contributed by atoms with van der Waals surface area (Å²) in [5, 5.41) is 9.83. The highest BCUT2D eigenvalue weighted by atomic mass is 16.7. The minimum Gasteiger partial charge on any atom is -0.493 e. The highest BCUT2D eigenvalue weighted by Crippen LogP contribution is 2.46. The summed E-state index contributed by atoms with van der Waals surface area (Å²) in [6.07, 6.45) is 2.95. The van der Waals surface area contributed by atoms with E-state index in [-0.39, 0.29) is 12.5 Å². The lowest BCUT2D eigenvalue weighted by Gasteiger charge is -2.29. The number of rotatable bonds is 9. The molecule has 2 aliphatic rings. The van der Waals surface area contributed by atoms with Gasteiger partial charge >= 0.3 is 0 Å². The molecule has 1 N–H and O–H groups in total. The lowest BCUT2D eigenvalue weighted by molar-refractivity contribution is -0.0456. The fraction of sp³-hybridized carbons (Fsp3) is 0.423. The first-order valence-electron chi connectivity index (χ1n) is 11.3. The van der Waals surface area contributed by atoms with Crippen molar-refractivity contribution in [3.8, 4) is 17.2 Å². The molecule has 0 radical (unpaired) electrons. The lowest BCUT2D eigenvalue weighted by Crippen LogP contribution is -2.34. The van der Waals surface area contributed by atoms with Crippen LogP contribution in [0.2, 0.25) is 0 Å².